The van der Waals surface area contributed by atoms with Gasteiger partial charge in [-0.15, -0.1) is 0 Å². The summed E-state index contributed by atoms with van der Waals surface area (Å²) in [5.41, 5.74) is 0.893. The normalized spacial score (nSPS) is 12.0. The number of methoxy groups -OCH3 is 1. The van der Waals surface area contributed by atoms with Crippen molar-refractivity contribution in [1.82, 2.24) is 9.88 Å². The maximum atomic E-state index is 13.8. The highest BCUT2D eigenvalue weighted by atomic mass is 19.1. The predicted octanol–water partition coefficient (Wildman–Crippen LogP) is 2.77. The first-order chi connectivity index (χ1) is 10.1. The van der Waals surface area contributed by atoms with E-state index in [1.807, 2.05) is 29.1 Å². The van der Waals surface area contributed by atoms with Crippen molar-refractivity contribution in [2.75, 3.05) is 19.0 Å². The molecule has 1 unspecified atom stereocenters. The minimum Gasteiger partial charge on any atom is -0.383 e. The summed E-state index contributed by atoms with van der Waals surface area (Å²) in [4.78, 5) is 11.8. The van der Waals surface area contributed by atoms with E-state index in [4.69, 9.17) is 4.74 Å². The molecule has 0 saturated carbocycles. The van der Waals surface area contributed by atoms with Gasteiger partial charge in [0.05, 0.1) is 18.3 Å². The molecule has 21 heavy (non-hydrogen) atoms. The SMILES string of the molecule is COCC(C)NC(=O)Nc1cc(-n2cccc2)ccc1F. The van der Waals surface area contributed by atoms with Gasteiger partial charge in [-0.1, -0.05) is 0 Å². The Morgan fingerprint density at radius 1 is 1.38 bits per heavy atom. The van der Waals surface area contributed by atoms with Crippen LogP contribution in [-0.4, -0.2) is 30.4 Å². The van der Waals surface area contributed by atoms with Gasteiger partial charge in [-0.3, -0.25) is 0 Å². The van der Waals surface area contributed by atoms with Crippen molar-refractivity contribution >= 4 is 11.7 Å². The molecule has 0 bridgehead atoms. The highest BCUT2D eigenvalue weighted by Crippen LogP contribution is 2.19. The molecule has 2 N–H and O–H groups in total. The summed E-state index contributed by atoms with van der Waals surface area (Å²) >= 11 is 0. The second-order valence-corrected chi connectivity index (χ2v) is 4.71. The molecule has 5 nitrogen and oxygen atoms in total. The number of halogens is 1. The Bertz CT molecular complexity index is 599. The lowest BCUT2D eigenvalue weighted by Crippen LogP contribution is -2.38. The summed E-state index contributed by atoms with van der Waals surface area (Å²) in [7, 11) is 1.55. The maximum Gasteiger partial charge on any atom is 0.319 e. The Kier molecular flexibility index (Phi) is 4.94. The third kappa shape index (κ3) is 4.06. The molecular weight excluding hydrogens is 273 g/mol. The van der Waals surface area contributed by atoms with Gasteiger partial charge >= 0.3 is 6.03 Å². The number of aromatic nitrogens is 1. The predicted molar refractivity (Wildman–Crippen MR) is 79.2 cm³/mol. The number of nitrogens with one attached hydrogen (secondary N) is 2. The summed E-state index contributed by atoms with van der Waals surface area (Å²) in [6.07, 6.45) is 3.69. The van der Waals surface area contributed by atoms with Gasteiger partial charge in [-0.25, -0.2) is 9.18 Å². The zero-order chi connectivity index (χ0) is 15.2. The maximum absolute atomic E-state index is 13.8. The first-order valence-corrected chi connectivity index (χ1v) is 6.59. The van der Waals surface area contributed by atoms with E-state index in [0.717, 1.165) is 5.69 Å². The summed E-state index contributed by atoms with van der Waals surface area (Å²) in [6, 6.07) is 7.66. The third-order valence-electron chi connectivity index (χ3n) is 2.89. The van der Waals surface area contributed by atoms with Gasteiger partial charge in [0.15, 0.2) is 0 Å². The first-order valence-electron chi connectivity index (χ1n) is 6.59. The van der Waals surface area contributed by atoms with Gasteiger partial charge in [-0.2, -0.15) is 0 Å². The standard InChI is InChI=1S/C15H18FN3O2/c1-11(10-21-2)17-15(20)18-14-9-12(5-6-13(14)16)19-7-3-4-8-19/h3-9,11H,10H2,1-2H3,(H2,17,18,20). The quantitative estimate of drug-likeness (QED) is 0.890. The van der Waals surface area contributed by atoms with Gasteiger partial charge in [0.25, 0.3) is 0 Å². The van der Waals surface area contributed by atoms with Gasteiger partial charge < -0.3 is 19.9 Å². The van der Waals surface area contributed by atoms with Crippen LogP contribution < -0.4 is 10.6 Å². The summed E-state index contributed by atoms with van der Waals surface area (Å²) < 4.78 is 20.5. The number of carbonyl (C=O) groups is 1. The van der Waals surface area contributed by atoms with Crippen LogP contribution in [0, 0.1) is 5.82 Å². The molecule has 0 radical (unpaired) electrons. The van der Waals surface area contributed by atoms with Gasteiger partial charge in [-0.05, 0) is 37.3 Å². The van der Waals surface area contributed by atoms with E-state index in [1.165, 1.54) is 6.07 Å². The molecule has 0 saturated heterocycles. The molecule has 0 fully saturated rings. The highest BCUT2D eigenvalue weighted by Gasteiger charge is 2.10. The summed E-state index contributed by atoms with van der Waals surface area (Å²) in [5.74, 6) is -0.486. The molecule has 1 aromatic heterocycles. The van der Waals surface area contributed by atoms with Crippen LogP contribution in [0.3, 0.4) is 0 Å². The number of amides is 2. The van der Waals surface area contributed by atoms with Crippen LogP contribution in [0.5, 0.6) is 0 Å². The number of anilines is 1. The first kappa shape index (κ1) is 15.1. The molecule has 112 valence electrons. The second-order valence-electron chi connectivity index (χ2n) is 4.71. The Morgan fingerprint density at radius 3 is 2.76 bits per heavy atom. The smallest absolute Gasteiger partial charge is 0.319 e. The van der Waals surface area contributed by atoms with Crippen LogP contribution in [0.2, 0.25) is 0 Å². The van der Waals surface area contributed by atoms with Crippen LogP contribution in [0.15, 0.2) is 42.7 Å². The summed E-state index contributed by atoms with van der Waals surface area (Å²) in [6.45, 7) is 2.19. The Hall–Kier alpha value is -2.34. The highest BCUT2D eigenvalue weighted by molar-refractivity contribution is 5.89. The monoisotopic (exact) mass is 291 g/mol. The van der Waals surface area contributed by atoms with E-state index in [0.29, 0.717) is 6.61 Å². The second kappa shape index (κ2) is 6.90. The Labute approximate surface area is 122 Å². The van der Waals surface area contributed by atoms with Crippen molar-refractivity contribution in [3.05, 3.63) is 48.5 Å². The van der Waals surface area contributed by atoms with Crippen LogP contribution in [-0.2, 0) is 4.74 Å². The fourth-order valence-corrected chi connectivity index (χ4v) is 1.95. The molecule has 2 aromatic rings. The number of carbonyl (C=O) groups excluding carboxylic acids is 1. The van der Waals surface area contributed by atoms with Crippen LogP contribution in [0.4, 0.5) is 14.9 Å². The molecule has 2 rings (SSSR count). The largest absolute Gasteiger partial charge is 0.383 e. The van der Waals surface area contributed by atoms with Crippen molar-refractivity contribution in [3.8, 4) is 5.69 Å². The van der Waals surface area contributed by atoms with Crippen molar-refractivity contribution in [3.63, 3.8) is 0 Å². The number of urea groups is 1. The van der Waals surface area contributed by atoms with E-state index in [1.54, 1.807) is 26.2 Å². The molecule has 1 aromatic carbocycles. The zero-order valence-corrected chi connectivity index (χ0v) is 12.0. The van der Waals surface area contributed by atoms with Crippen LogP contribution >= 0.6 is 0 Å². The molecule has 0 aliphatic rings. The molecule has 0 aliphatic heterocycles. The molecule has 6 heteroatoms. The van der Waals surface area contributed by atoms with Crippen molar-refractivity contribution in [2.24, 2.45) is 0 Å². The van der Waals surface area contributed by atoms with Gasteiger partial charge in [0.2, 0.25) is 0 Å². The van der Waals surface area contributed by atoms with Crippen molar-refractivity contribution in [1.29, 1.82) is 0 Å². The van der Waals surface area contributed by atoms with E-state index in [2.05, 4.69) is 10.6 Å². The number of benzene rings is 1. The molecule has 1 heterocycles. The topological polar surface area (TPSA) is 55.3 Å². The molecule has 0 aliphatic carbocycles. The van der Waals surface area contributed by atoms with E-state index in [-0.39, 0.29) is 11.7 Å². The number of hydrogen-bond acceptors (Lipinski definition) is 2. The van der Waals surface area contributed by atoms with Gasteiger partial charge in [0.1, 0.15) is 5.82 Å². The minimum absolute atomic E-state index is 0.128. The van der Waals surface area contributed by atoms with Crippen molar-refractivity contribution in [2.45, 2.75) is 13.0 Å². The fraction of sp³-hybridized carbons (Fsp3) is 0.267. The fourth-order valence-electron chi connectivity index (χ4n) is 1.95. The van der Waals surface area contributed by atoms with Gasteiger partial charge in [0, 0.05) is 25.2 Å². The van der Waals surface area contributed by atoms with E-state index in [9.17, 15) is 9.18 Å². The Balaban J connectivity index is 2.09. The third-order valence-corrected chi connectivity index (χ3v) is 2.89. The number of nitrogens with zero attached hydrogens (tertiary/aromatic N) is 1. The van der Waals surface area contributed by atoms with Crippen molar-refractivity contribution < 1.29 is 13.9 Å². The molecular formula is C15H18FN3O2. The molecule has 1 atom stereocenters. The zero-order valence-electron chi connectivity index (χ0n) is 12.0. The average molecular weight is 291 g/mol. The van der Waals surface area contributed by atoms with Crippen LogP contribution in [0.25, 0.3) is 5.69 Å². The molecule has 2 amide bonds. The number of hydrogen-bond donors (Lipinski definition) is 2. The lowest BCUT2D eigenvalue weighted by Gasteiger charge is -2.14. The number of rotatable bonds is 5. The lowest BCUT2D eigenvalue weighted by atomic mass is 10.2. The average Bonchev–Trinajstić information content (AvgIpc) is 2.95. The van der Waals surface area contributed by atoms with Crippen LogP contribution in [0.1, 0.15) is 6.92 Å². The van der Waals surface area contributed by atoms with E-state index < -0.39 is 11.8 Å². The lowest BCUT2D eigenvalue weighted by molar-refractivity contribution is 0.173. The Morgan fingerprint density at radius 2 is 2.10 bits per heavy atom. The minimum atomic E-state index is -0.486. The summed E-state index contributed by atoms with van der Waals surface area (Å²) in [5, 5.41) is 5.17. The number of ether oxygens (including phenoxy) is 1. The molecule has 0 spiro atoms. The van der Waals surface area contributed by atoms with E-state index >= 15 is 0 Å².